The number of anilines is 2. The second kappa shape index (κ2) is 19.9. The minimum absolute atomic E-state index is 0.0797. The smallest absolute Gasteiger partial charge is 0.410 e. The van der Waals surface area contributed by atoms with Crippen LogP contribution in [-0.2, 0) is 19.1 Å². The zero-order chi connectivity index (χ0) is 43.7. The van der Waals surface area contributed by atoms with Crippen LogP contribution >= 0.6 is 0 Å². The highest BCUT2D eigenvalue weighted by atomic mass is 16.6. The van der Waals surface area contributed by atoms with Crippen LogP contribution in [0.4, 0.5) is 32.3 Å². The Kier molecular flexibility index (Phi) is 16.1. The molecule has 2 aromatic rings. The number of hydrogen-bond acceptors (Lipinski definition) is 12. The Labute approximate surface area is 339 Å². The van der Waals surface area contributed by atoms with Gasteiger partial charge in [-0.3, -0.25) is 39.6 Å². The van der Waals surface area contributed by atoms with Crippen molar-refractivity contribution in [2.75, 3.05) is 23.7 Å². The fourth-order valence-electron chi connectivity index (χ4n) is 7.05. The van der Waals surface area contributed by atoms with Crippen LogP contribution in [0.2, 0.25) is 0 Å². The van der Waals surface area contributed by atoms with Crippen LogP contribution in [0.3, 0.4) is 0 Å². The number of nitro groups is 2. The quantitative estimate of drug-likeness (QED) is 0.168. The van der Waals surface area contributed by atoms with Crippen LogP contribution in [0, 0.1) is 20.2 Å². The van der Waals surface area contributed by atoms with Crippen LogP contribution < -0.4 is 10.6 Å². The summed E-state index contributed by atoms with van der Waals surface area (Å²) in [7, 11) is 0. The first-order valence-corrected chi connectivity index (χ1v) is 19.9. The van der Waals surface area contributed by atoms with E-state index in [2.05, 4.69) is 10.6 Å². The van der Waals surface area contributed by atoms with Gasteiger partial charge in [0.25, 0.3) is 11.4 Å². The van der Waals surface area contributed by atoms with E-state index in [1.807, 2.05) is 27.7 Å². The lowest BCUT2D eigenvalue weighted by atomic mass is 10.0. The van der Waals surface area contributed by atoms with E-state index < -0.39 is 80.6 Å². The Morgan fingerprint density at radius 2 is 1.00 bits per heavy atom. The number of carbonyl (C=O) groups excluding carboxylic acids is 4. The number of carbonyl (C=O) groups is 4. The predicted molar refractivity (Wildman–Crippen MR) is 216 cm³/mol. The van der Waals surface area contributed by atoms with Crippen LogP contribution in [0.25, 0.3) is 0 Å². The number of hydroxylamine groups is 2. The largest absolute Gasteiger partial charge is 0.444 e. The van der Waals surface area contributed by atoms with Crippen molar-refractivity contribution in [2.24, 2.45) is 0 Å². The van der Waals surface area contributed by atoms with E-state index in [1.165, 1.54) is 34.1 Å². The molecule has 320 valence electrons. The number of nitro benzene ring substituents is 2. The summed E-state index contributed by atoms with van der Waals surface area (Å²) in [6, 6.07) is 5.15. The molecular weight excluding hydrogens is 754 g/mol. The first-order chi connectivity index (χ1) is 27.2. The van der Waals surface area contributed by atoms with E-state index in [-0.39, 0.29) is 11.4 Å². The summed E-state index contributed by atoms with van der Waals surface area (Å²) in [5, 5.41) is 41.8. The van der Waals surface area contributed by atoms with Crippen molar-refractivity contribution >= 4 is 46.8 Å². The van der Waals surface area contributed by atoms with E-state index in [0.29, 0.717) is 62.7 Å². The highest BCUT2D eigenvalue weighted by molar-refractivity contribution is 5.99. The fourth-order valence-corrected chi connectivity index (χ4v) is 7.05. The second-order valence-corrected chi connectivity index (χ2v) is 15.7. The number of ether oxygens (including phenoxy) is 2. The zero-order valence-electron chi connectivity index (χ0n) is 35.2. The van der Waals surface area contributed by atoms with Gasteiger partial charge in [-0.15, -0.1) is 0 Å². The van der Waals surface area contributed by atoms with Gasteiger partial charge in [-0.25, -0.2) is 9.59 Å². The van der Waals surface area contributed by atoms with Gasteiger partial charge in [0.15, 0.2) is 0 Å². The van der Waals surface area contributed by atoms with Crippen molar-refractivity contribution in [3.63, 3.8) is 0 Å². The van der Waals surface area contributed by atoms with E-state index in [9.17, 15) is 44.6 Å². The molecule has 4 unspecified atom stereocenters. The predicted octanol–water partition coefficient (Wildman–Crippen LogP) is 8.50. The lowest BCUT2D eigenvalue weighted by molar-refractivity contribution is -0.384. The van der Waals surface area contributed by atoms with E-state index in [0.717, 1.165) is 5.06 Å². The molecular formula is C40H59N7O11. The van der Waals surface area contributed by atoms with Gasteiger partial charge < -0.3 is 25.3 Å². The van der Waals surface area contributed by atoms with E-state index in [1.54, 1.807) is 53.7 Å². The van der Waals surface area contributed by atoms with Gasteiger partial charge in [-0.1, -0.05) is 39.8 Å². The van der Waals surface area contributed by atoms with Crippen molar-refractivity contribution < 1.29 is 43.7 Å². The minimum atomic E-state index is -0.874. The maximum atomic E-state index is 13.3. The molecule has 18 heteroatoms. The zero-order valence-corrected chi connectivity index (χ0v) is 35.2. The Hall–Kier alpha value is -5.36. The van der Waals surface area contributed by atoms with Gasteiger partial charge in [0, 0.05) is 25.2 Å². The number of rotatable bonds is 8. The van der Waals surface area contributed by atoms with Gasteiger partial charge in [0.05, 0.1) is 21.9 Å². The molecule has 18 nitrogen and oxygen atoms in total. The second-order valence-electron chi connectivity index (χ2n) is 15.7. The lowest BCUT2D eigenvalue weighted by Gasteiger charge is -2.28. The molecule has 4 amide bonds. The SMILES string of the molecule is CC.CC.CC(C)(C)OC(=O)N1CCCC1C(=O)Nc1ccc(C2CCC(c3ccc(NC(=O)C4CCCN4C(=O)OC(C)(C)C)c([N+](=O)[O-])c3)N2O)cc1[N+](=O)[O-]. The summed E-state index contributed by atoms with van der Waals surface area (Å²) in [5.41, 5.74) is -1.77. The third kappa shape index (κ3) is 11.6. The molecule has 2 aromatic carbocycles. The molecule has 0 bridgehead atoms. The number of hydrogen-bond donors (Lipinski definition) is 3. The van der Waals surface area contributed by atoms with Gasteiger partial charge in [0.2, 0.25) is 11.8 Å². The third-order valence-corrected chi connectivity index (χ3v) is 9.44. The minimum Gasteiger partial charge on any atom is -0.444 e. The Morgan fingerprint density at radius 1 is 0.655 bits per heavy atom. The van der Waals surface area contributed by atoms with Crippen LogP contribution in [0.15, 0.2) is 36.4 Å². The van der Waals surface area contributed by atoms with Gasteiger partial charge >= 0.3 is 12.2 Å². The van der Waals surface area contributed by atoms with Crippen molar-refractivity contribution in [1.29, 1.82) is 0 Å². The summed E-state index contributed by atoms with van der Waals surface area (Å²) in [6.45, 7) is 18.9. The van der Waals surface area contributed by atoms with Crippen molar-refractivity contribution in [3.8, 4) is 0 Å². The molecule has 58 heavy (non-hydrogen) atoms. The highest BCUT2D eigenvalue weighted by Gasteiger charge is 2.40. The summed E-state index contributed by atoms with van der Waals surface area (Å²) >= 11 is 0. The van der Waals surface area contributed by atoms with E-state index in [4.69, 9.17) is 9.47 Å². The first kappa shape index (κ1) is 47.0. The molecule has 3 heterocycles. The molecule has 0 radical (unpaired) electrons. The average Bonchev–Trinajstić information content (AvgIpc) is 3.93. The average molecular weight is 814 g/mol. The molecule has 3 saturated heterocycles. The Bertz CT molecular complexity index is 1700. The molecule has 3 aliphatic rings. The monoisotopic (exact) mass is 813 g/mol. The number of nitrogens with one attached hydrogen (secondary N) is 2. The summed E-state index contributed by atoms with van der Waals surface area (Å²) in [5.74, 6) is -1.19. The Balaban J connectivity index is 0.00000218. The van der Waals surface area contributed by atoms with Crippen LogP contribution in [0.1, 0.15) is 131 Å². The summed E-state index contributed by atoms with van der Waals surface area (Å²) in [4.78, 5) is 77.6. The van der Waals surface area contributed by atoms with E-state index >= 15 is 0 Å². The molecule has 3 aliphatic heterocycles. The first-order valence-electron chi connectivity index (χ1n) is 19.9. The lowest BCUT2D eigenvalue weighted by Crippen LogP contribution is -2.45. The number of amides is 4. The standard InChI is InChI=1S/C36H47N7O11.2C2H6/c1-35(2,3)53-33(46)39-17-7-9-27(39)31(44)37-23-13-11-21(19-29(23)42(49)50)25-15-16-26(41(25)48)22-12-14-24(30(20-22)43(51)52)38-32(45)28-10-8-18-40(28)34(47)54-36(4,5)6;2*1-2/h11-14,19-20,25-28,48H,7-10,15-18H2,1-6H3,(H,37,44)(H,38,45);2*1-2H3. The topological polar surface area (TPSA) is 227 Å². The number of benzene rings is 2. The van der Waals surface area contributed by atoms with Gasteiger partial charge in [-0.05, 0) is 103 Å². The summed E-state index contributed by atoms with van der Waals surface area (Å²) < 4.78 is 10.8. The molecule has 0 saturated carbocycles. The van der Waals surface area contributed by atoms with Gasteiger partial charge in [0.1, 0.15) is 34.7 Å². The fraction of sp³-hybridized carbons (Fsp3) is 0.600. The van der Waals surface area contributed by atoms with Crippen molar-refractivity contribution in [1.82, 2.24) is 14.9 Å². The normalized spacial score (nSPS) is 20.5. The Morgan fingerprint density at radius 3 is 1.31 bits per heavy atom. The maximum absolute atomic E-state index is 13.3. The molecule has 5 rings (SSSR count). The summed E-state index contributed by atoms with van der Waals surface area (Å²) in [6.07, 6.45) is 1.22. The number of likely N-dealkylation sites (tertiary alicyclic amines) is 2. The van der Waals surface area contributed by atoms with Crippen LogP contribution in [-0.4, -0.2) is 90.3 Å². The third-order valence-electron chi connectivity index (χ3n) is 9.44. The molecule has 0 aliphatic carbocycles. The van der Waals surface area contributed by atoms with Gasteiger partial charge in [-0.2, -0.15) is 5.06 Å². The molecule has 3 N–H and O–H groups in total. The molecule has 3 fully saturated rings. The highest BCUT2D eigenvalue weighted by Crippen LogP contribution is 2.45. The van der Waals surface area contributed by atoms with Crippen molar-refractivity contribution in [2.45, 2.75) is 143 Å². The molecule has 4 atom stereocenters. The van der Waals surface area contributed by atoms with Crippen molar-refractivity contribution in [3.05, 3.63) is 67.8 Å². The molecule has 0 aromatic heterocycles. The van der Waals surface area contributed by atoms with Crippen LogP contribution in [0.5, 0.6) is 0 Å². The maximum Gasteiger partial charge on any atom is 0.410 e. The number of nitrogens with zero attached hydrogens (tertiary/aromatic N) is 5. The molecule has 0 spiro atoms.